The molecule has 0 saturated carbocycles. The standard InChI is InChI=1S/C19H30N4O3S/c1-22-10-3-11-23(13-12-22)27(25,26)18-5-2-4-17(14-18)21-19(24)7-6-16-8-9-20-15-16/h2,4-5,14,16,20H,3,6-13,15H2,1H3,(H,21,24). The molecule has 1 atom stereocenters. The molecule has 0 spiro atoms. The van der Waals surface area contributed by atoms with Crippen molar-refractivity contribution < 1.29 is 13.2 Å². The van der Waals surface area contributed by atoms with Gasteiger partial charge in [-0.2, -0.15) is 4.31 Å². The van der Waals surface area contributed by atoms with Crippen molar-refractivity contribution in [2.45, 2.75) is 30.6 Å². The first-order valence-corrected chi connectivity index (χ1v) is 11.2. The summed E-state index contributed by atoms with van der Waals surface area (Å²) in [5.41, 5.74) is 0.539. The summed E-state index contributed by atoms with van der Waals surface area (Å²) >= 11 is 0. The van der Waals surface area contributed by atoms with Crippen molar-refractivity contribution in [2.75, 3.05) is 51.6 Å². The number of carbonyl (C=O) groups is 1. The van der Waals surface area contributed by atoms with Gasteiger partial charge in [-0.25, -0.2) is 8.42 Å². The van der Waals surface area contributed by atoms with Gasteiger partial charge in [0.15, 0.2) is 0 Å². The van der Waals surface area contributed by atoms with E-state index in [1.807, 2.05) is 7.05 Å². The molecule has 8 heteroatoms. The minimum atomic E-state index is -3.55. The largest absolute Gasteiger partial charge is 0.326 e. The molecule has 1 unspecified atom stereocenters. The number of carbonyl (C=O) groups excluding carboxylic acids is 1. The molecule has 2 aliphatic rings. The van der Waals surface area contributed by atoms with Crippen LogP contribution in [-0.2, 0) is 14.8 Å². The van der Waals surface area contributed by atoms with E-state index in [1.54, 1.807) is 28.6 Å². The van der Waals surface area contributed by atoms with E-state index in [0.717, 1.165) is 45.4 Å². The van der Waals surface area contributed by atoms with E-state index < -0.39 is 10.0 Å². The molecule has 27 heavy (non-hydrogen) atoms. The van der Waals surface area contributed by atoms with Gasteiger partial charge in [-0.3, -0.25) is 4.79 Å². The predicted molar refractivity (Wildman–Crippen MR) is 106 cm³/mol. The van der Waals surface area contributed by atoms with Crippen LogP contribution in [0, 0.1) is 5.92 Å². The molecule has 2 heterocycles. The van der Waals surface area contributed by atoms with E-state index in [2.05, 4.69) is 15.5 Å². The zero-order valence-corrected chi connectivity index (χ0v) is 16.8. The van der Waals surface area contributed by atoms with Crippen molar-refractivity contribution in [3.63, 3.8) is 0 Å². The fraction of sp³-hybridized carbons (Fsp3) is 0.632. The maximum absolute atomic E-state index is 13.0. The Bertz CT molecular complexity index is 747. The molecule has 2 saturated heterocycles. The number of benzene rings is 1. The lowest BCUT2D eigenvalue weighted by Crippen LogP contribution is -2.34. The van der Waals surface area contributed by atoms with Gasteiger partial charge in [0.05, 0.1) is 4.90 Å². The van der Waals surface area contributed by atoms with Gasteiger partial charge in [0.1, 0.15) is 0 Å². The van der Waals surface area contributed by atoms with E-state index >= 15 is 0 Å². The van der Waals surface area contributed by atoms with Gasteiger partial charge in [-0.1, -0.05) is 6.07 Å². The molecule has 1 amide bonds. The lowest BCUT2D eigenvalue weighted by atomic mass is 10.0. The highest BCUT2D eigenvalue weighted by Crippen LogP contribution is 2.21. The van der Waals surface area contributed by atoms with Gasteiger partial charge in [-0.05, 0) is 70.1 Å². The first-order chi connectivity index (χ1) is 12.9. The van der Waals surface area contributed by atoms with Crippen LogP contribution < -0.4 is 10.6 Å². The van der Waals surface area contributed by atoms with Crippen LogP contribution in [0.25, 0.3) is 0 Å². The summed E-state index contributed by atoms with van der Waals surface area (Å²) < 4.78 is 27.5. The van der Waals surface area contributed by atoms with Crippen molar-refractivity contribution in [2.24, 2.45) is 5.92 Å². The van der Waals surface area contributed by atoms with Crippen molar-refractivity contribution in [1.29, 1.82) is 0 Å². The number of hydrogen-bond donors (Lipinski definition) is 2. The second-order valence-corrected chi connectivity index (χ2v) is 9.47. The lowest BCUT2D eigenvalue weighted by molar-refractivity contribution is -0.116. The van der Waals surface area contributed by atoms with Crippen LogP contribution in [0.5, 0.6) is 0 Å². The molecule has 0 aromatic heterocycles. The second-order valence-electron chi connectivity index (χ2n) is 7.53. The van der Waals surface area contributed by atoms with E-state index in [-0.39, 0.29) is 10.8 Å². The second kappa shape index (κ2) is 9.14. The third-order valence-electron chi connectivity index (χ3n) is 5.38. The Morgan fingerprint density at radius 1 is 1.26 bits per heavy atom. The molecule has 1 aromatic rings. The first kappa shape index (κ1) is 20.3. The minimum Gasteiger partial charge on any atom is -0.326 e. The highest BCUT2D eigenvalue weighted by molar-refractivity contribution is 7.89. The number of likely N-dealkylation sites (N-methyl/N-ethyl adjacent to an activating group) is 1. The maximum atomic E-state index is 13.0. The van der Waals surface area contributed by atoms with Crippen LogP contribution in [0.4, 0.5) is 5.69 Å². The summed E-state index contributed by atoms with van der Waals surface area (Å²) in [6, 6.07) is 6.60. The third kappa shape index (κ3) is 5.51. The lowest BCUT2D eigenvalue weighted by Gasteiger charge is -2.20. The van der Waals surface area contributed by atoms with Crippen LogP contribution in [0.2, 0.25) is 0 Å². The molecule has 2 N–H and O–H groups in total. The van der Waals surface area contributed by atoms with Gasteiger partial charge >= 0.3 is 0 Å². The molecule has 2 fully saturated rings. The molecule has 3 rings (SSSR count). The molecule has 7 nitrogen and oxygen atoms in total. The van der Waals surface area contributed by atoms with Gasteiger partial charge in [-0.15, -0.1) is 0 Å². The first-order valence-electron chi connectivity index (χ1n) is 9.74. The zero-order valence-electron chi connectivity index (χ0n) is 16.0. The normalized spacial score (nSPS) is 22.5. The summed E-state index contributed by atoms with van der Waals surface area (Å²) in [5.74, 6) is 0.497. The van der Waals surface area contributed by atoms with Crippen molar-refractivity contribution >= 4 is 21.6 Å². The Morgan fingerprint density at radius 2 is 2.11 bits per heavy atom. The molecule has 0 radical (unpaired) electrons. The average molecular weight is 395 g/mol. The number of anilines is 1. The van der Waals surface area contributed by atoms with E-state index in [1.165, 1.54) is 0 Å². The van der Waals surface area contributed by atoms with Crippen LogP contribution in [-0.4, -0.2) is 69.8 Å². The summed E-state index contributed by atoms with van der Waals surface area (Å²) in [7, 11) is -1.54. The summed E-state index contributed by atoms with van der Waals surface area (Å²) in [6.07, 6.45) is 3.26. The summed E-state index contributed by atoms with van der Waals surface area (Å²) in [4.78, 5) is 14.6. The Hall–Kier alpha value is -1.48. The van der Waals surface area contributed by atoms with Crippen molar-refractivity contribution in [3.05, 3.63) is 24.3 Å². The number of amides is 1. The zero-order chi connectivity index (χ0) is 19.3. The van der Waals surface area contributed by atoms with E-state index in [9.17, 15) is 13.2 Å². The molecular formula is C19H30N4O3S. The Labute approximate surface area is 162 Å². The van der Waals surface area contributed by atoms with Crippen molar-refractivity contribution in [1.82, 2.24) is 14.5 Å². The number of sulfonamides is 1. The van der Waals surface area contributed by atoms with Crippen molar-refractivity contribution in [3.8, 4) is 0 Å². The molecule has 1 aromatic carbocycles. The number of nitrogens with one attached hydrogen (secondary N) is 2. The van der Waals surface area contributed by atoms with Gasteiger partial charge in [0, 0.05) is 31.7 Å². The van der Waals surface area contributed by atoms with Crippen LogP contribution in [0.3, 0.4) is 0 Å². The Balaban J connectivity index is 1.62. The number of nitrogens with zero attached hydrogens (tertiary/aromatic N) is 2. The number of hydrogen-bond acceptors (Lipinski definition) is 5. The minimum absolute atomic E-state index is 0.0622. The number of rotatable bonds is 6. The van der Waals surface area contributed by atoms with Gasteiger partial charge in [0.25, 0.3) is 0 Å². The molecule has 0 aliphatic carbocycles. The average Bonchev–Trinajstić information content (AvgIpc) is 3.07. The van der Waals surface area contributed by atoms with Crippen LogP contribution >= 0.6 is 0 Å². The summed E-state index contributed by atoms with van der Waals surface area (Å²) in [5, 5.41) is 6.15. The summed E-state index contributed by atoms with van der Waals surface area (Å²) in [6.45, 7) is 4.65. The Morgan fingerprint density at radius 3 is 2.89 bits per heavy atom. The molecule has 150 valence electrons. The van der Waals surface area contributed by atoms with Gasteiger partial charge in [0.2, 0.25) is 15.9 Å². The van der Waals surface area contributed by atoms with Crippen LogP contribution in [0.15, 0.2) is 29.2 Å². The maximum Gasteiger partial charge on any atom is 0.243 e. The fourth-order valence-electron chi connectivity index (χ4n) is 3.67. The SMILES string of the molecule is CN1CCCN(S(=O)(=O)c2cccc(NC(=O)CCC3CCNC3)c2)CC1. The fourth-order valence-corrected chi connectivity index (χ4v) is 5.18. The van der Waals surface area contributed by atoms with E-state index in [0.29, 0.717) is 31.1 Å². The molecular weight excluding hydrogens is 364 g/mol. The highest BCUT2D eigenvalue weighted by Gasteiger charge is 2.26. The van der Waals surface area contributed by atoms with Gasteiger partial charge < -0.3 is 15.5 Å². The molecule has 2 aliphatic heterocycles. The monoisotopic (exact) mass is 394 g/mol. The predicted octanol–water partition coefficient (Wildman–Crippen LogP) is 1.34. The highest BCUT2D eigenvalue weighted by atomic mass is 32.2. The smallest absolute Gasteiger partial charge is 0.243 e. The third-order valence-corrected chi connectivity index (χ3v) is 7.27. The topological polar surface area (TPSA) is 81.8 Å². The van der Waals surface area contributed by atoms with Crippen LogP contribution in [0.1, 0.15) is 25.7 Å². The molecule has 0 bridgehead atoms. The van der Waals surface area contributed by atoms with E-state index in [4.69, 9.17) is 0 Å². The quantitative estimate of drug-likeness (QED) is 0.761. The Kier molecular flexibility index (Phi) is 6.86.